The first-order valence-corrected chi connectivity index (χ1v) is 8.04. The SMILES string of the molecule is CCC1CCCCC1n1ccc(=O)nc1SCC(=O)O. The molecular formula is C14H20N2O3S. The average molecular weight is 296 g/mol. The van der Waals surface area contributed by atoms with E-state index in [4.69, 9.17) is 5.11 Å². The maximum Gasteiger partial charge on any atom is 0.313 e. The van der Waals surface area contributed by atoms with Gasteiger partial charge in [-0.25, -0.2) is 0 Å². The minimum Gasteiger partial charge on any atom is -0.481 e. The molecule has 2 unspecified atom stereocenters. The van der Waals surface area contributed by atoms with Crippen molar-refractivity contribution in [3.63, 3.8) is 0 Å². The van der Waals surface area contributed by atoms with Gasteiger partial charge in [0.05, 0.1) is 5.75 Å². The third-order valence-electron chi connectivity index (χ3n) is 3.88. The van der Waals surface area contributed by atoms with Crippen LogP contribution in [-0.4, -0.2) is 26.4 Å². The number of hydrogen-bond donors (Lipinski definition) is 1. The maximum absolute atomic E-state index is 11.4. The summed E-state index contributed by atoms with van der Waals surface area (Å²) in [6.45, 7) is 2.18. The second kappa shape index (κ2) is 6.92. The Morgan fingerprint density at radius 1 is 1.50 bits per heavy atom. The van der Waals surface area contributed by atoms with Crippen LogP contribution in [0.15, 0.2) is 22.2 Å². The normalized spacial score (nSPS) is 22.6. The van der Waals surface area contributed by atoms with Crippen molar-refractivity contribution in [2.45, 2.75) is 50.2 Å². The Balaban J connectivity index is 2.28. The van der Waals surface area contributed by atoms with Crippen molar-refractivity contribution < 1.29 is 9.90 Å². The zero-order valence-electron chi connectivity index (χ0n) is 11.6. The fraction of sp³-hybridized carbons (Fsp3) is 0.643. The van der Waals surface area contributed by atoms with E-state index in [9.17, 15) is 9.59 Å². The first-order valence-electron chi connectivity index (χ1n) is 7.05. The van der Waals surface area contributed by atoms with Crippen LogP contribution in [0.2, 0.25) is 0 Å². The standard InChI is InChI=1S/C14H20N2O3S/c1-2-10-5-3-4-6-11(10)16-8-7-12(17)15-14(16)20-9-13(18)19/h7-8,10-11H,2-6,9H2,1H3,(H,18,19). The lowest BCUT2D eigenvalue weighted by Crippen LogP contribution is -2.26. The number of carboxylic acids is 1. The molecule has 1 aromatic heterocycles. The van der Waals surface area contributed by atoms with Gasteiger partial charge in [-0.05, 0) is 18.8 Å². The van der Waals surface area contributed by atoms with Crippen LogP contribution in [0.3, 0.4) is 0 Å². The van der Waals surface area contributed by atoms with Crippen molar-refractivity contribution in [3.05, 3.63) is 22.6 Å². The van der Waals surface area contributed by atoms with Gasteiger partial charge in [0.25, 0.3) is 5.56 Å². The molecule has 0 saturated heterocycles. The van der Waals surface area contributed by atoms with E-state index in [-0.39, 0.29) is 11.3 Å². The van der Waals surface area contributed by atoms with Gasteiger partial charge >= 0.3 is 5.97 Å². The molecule has 20 heavy (non-hydrogen) atoms. The minimum absolute atomic E-state index is 0.0695. The number of rotatable bonds is 5. The molecular weight excluding hydrogens is 276 g/mol. The van der Waals surface area contributed by atoms with Gasteiger partial charge in [0, 0.05) is 18.3 Å². The molecule has 2 rings (SSSR count). The number of aliphatic carboxylic acids is 1. The van der Waals surface area contributed by atoms with Crippen LogP contribution in [0.5, 0.6) is 0 Å². The second-order valence-electron chi connectivity index (χ2n) is 5.16. The van der Waals surface area contributed by atoms with Crippen LogP contribution in [0.4, 0.5) is 0 Å². The van der Waals surface area contributed by atoms with E-state index in [2.05, 4.69) is 11.9 Å². The largest absolute Gasteiger partial charge is 0.481 e. The molecule has 0 bridgehead atoms. The Hall–Kier alpha value is -1.30. The first kappa shape index (κ1) is 15.1. The fourth-order valence-electron chi connectivity index (χ4n) is 2.91. The number of thioether (sulfide) groups is 1. The van der Waals surface area contributed by atoms with E-state index >= 15 is 0 Å². The van der Waals surface area contributed by atoms with E-state index < -0.39 is 5.97 Å². The molecule has 110 valence electrons. The molecule has 1 aromatic rings. The Morgan fingerprint density at radius 3 is 2.95 bits per heavy atom. The topological polar surface area (TPSA) is 72.2 Å². The van der Waals surface area contributed by atoms with Gasteiger partial charge < -0.3 is 9.67 Å². The summed E-state index contributed by atoms with van der Waals surface area (Å²) in [5.74, 6) is -0.382. The summed E-state index contributed by atoms with van der Waals surface area (Å²) < 4.78 is 2.02. The van der Waals surface area contributed by atoms with Gasteiger partial charge in [-0.3, -0.25) is 9.59 Å². The van der Waals surface area contributed by atoms with Gasteiger partial charge in [0.1, 0.15) is 0 Å². The van der Waals surface area contributed by atoms with Gasteiger partial charge in [0.2, 0.25) is 0 Å². The summed E-state index contributed by atoms with van der Waals surface area (Å²) >= 11 is 1.13. The predicted octanol–water partition coefficient (Wildman–Crippen LogP) is 2.56. The van der Waals surface area contributed by atoms with E-state index in [1.165, 1.54) is 25.3 Å². The average Bonchev–Trinajstić information content (AvgIpc) is 2.45. The van der Waals surface area contributed by atoms with E-state index in [0.717, 1.165) is 24.6 Å². The number of aromatic nitrogens is 2. The number of nitrogens with zero attached hydrogens (tertiary/aromatic N) is 2. The smallest absolute Gasteiger partial charge is 0.313 e. The third-order valence-corrected chi connectivity index (χ3v) is 4.83. The molecule has 0 spiro atoms. The minimum atomic E-state index is -0.893. The number of carboxylic acid groups (broad SMARTS) is 1. The van der Waals surface area contributed by atoms with Crippen LogP contribution >= 0.6 is 11.8 Å². The Labute approximate surface area is 122 Å². The summed E-state index contributed by atoms with van der Waals surface area (Å²) in [5.41, 5.74) is -0.307. The van der Waals surface area contributed by atoms with Crippen molar-refractivity contribution in [1.82, 2.24) is 9.55 Å². The van der Waals surface area contributed by atoms with Crippen LogP contribution in [0.1, 0.15) is 45.1 Å². The van der Waals surface area contributed by atoms with Gasteiger partial charge in [-0.1, -0.05) is 37.9 Å². The highest BCUT2D eigenvalue weighted by Gasteiger charge is 2.26. The molecule has 6 heteroatoms. The van der Waals surface area contributed by atoms with Crippen LogP contribution in [0.25, 0.3) is 0 Å². The molecule has 1 saturated carbocycles. The summed E-state index contributed by atoms with van der Waals surface area (Å²) in [5, 5.41) is 9.34. The van der Waals surface area contributed by atoms with Gasteiger partial charge in [-0.2, -0.15) is 4.98 Å². The molecule has 1 fully saturated rings. The van der Waals surface area contributed by atoms with Crippen LogP contribution in [0, 0.1) is 5.92 Å². The quantitative estimate of drug-likeness (QED) is 0.668. The Bertz CT molecular complexity index is 529. The first-order chi connectivity index (χ1) is 9.61. The van der Waals surface area contributed by atoms with E-state index in [0.29, 0.717) is 17.1 Å². The lowest BCUT2D eigenvalue weighted by Gasteiger charge is -2.33. The highest BCUT2D eigenvalue weighted by molar-refractivity contribution is 7.99. The number of carbonyl (C=O) groups is 1. The van der Waals surface area contributed by atoms with Crippen molar-refractivity contribution in [3.8, 4) is 0 Å². The Morgan fingerprint density at radius 2 is 2.25 bits per heavy atom. The second-order valence-corrected chi connectivity index (χ2v) is 6.10. The predicted molar refractivity (Wildman–Crippen MR) is 78.1 cm³/mol. The molecule has 1 heterocycles. The summed E-state index contributed by atoms with van der Waals surface area (Å²) in [6, 6.07) is 1.80. The molecule has 2 atom stereocenters. The van der Waals surface area contributed by atoms with Crippen molar-refractivity contribution in [2.75, 3.05) is 5.75 Å². The summed E-state index contributed by atoms with van der Waals surface area (Å²) in [4.78, 5) is 26.2. The number of hydrogen-bond acceptors (Lipinski definition) is 4. The molecule has 0 amide bonds. The van der Waals surface area contributed by atoms with Gasteiger partial charge in [0.15, 0.2) is 5.16 Å². The molecule has 1 aliphatic rings. The van der Waals surface area contributed by atoms with Crippen molar-refractivity contribution in [2.24, 2.45) is 5.92 Å². The highest BCUT2D eigenvalue weighted by Crippen LogP contribution is 2.37. The van der Waals surface area contributed by atoms with E-state index in [1.807, 2.05) is 4.57 Å². The van der Waals surface area contributed by atoms with Crippen LogP contribution in [-0.2, 0) is 4.79 Å². The highest BCUT2D eigenvalue weighted by atomic mass is 32.2. The van der Waals surface area contributed by atoms with Crippen LogP contribution < -0.4 is 5.56 Å². The Kier molecular flexibility index (Phi) is 5.23. The zero-order chi connectivity index (χ0) is 14.5. The van der Waals surface area contributed by atoms with E-state index in [1.54, 1.807) is 6.20 Å². The monoisotopic (exact) mass is 296 g/mol. The molecule has 1 N–H and O–H groups in total. The zero-order valence-corrected chi connectivity index (χ0v) is 12.4. The summed E-state index contributed by atoms with van der Waals surface area (Å²) in [7, 11) is 0. The molecule has 0 radical (unpaired) electrons. The third kappa shape index (κ3) is 3.62. The van der Waals surface area contributed by atoms with Gasteiger partial charge in [-0.15, -0.1) is 0 Å². The lowest BCUT2D eigenvalue weighted by atomic mass is 9.83. The summed E-state index contributed by atoms with van der Waals surface area (Å²) in [6.07, 6.45) is 7.56. The lowest BCUT2D eigenvalue weighted by molar-refractivity contribution is -0.133. The molecule has 1 aliphatic carbocycles. The van der Waals surface area contributed by atoms with Crippen molar-refractivity contribution in [1.29, 1.82) is 0 Å². The van der Waals surface area contributed by atoms with Crippen molar-refractivity contribution >= 4 is 17.7 Å². The fourth-order valence-corrected chi connectivity index (χ4v) is 3.67. The maximum atomic E-state index is 11.4. The molecule has 5 nitrogen and oxygen atoms in total. The molecule has 0 aliphatic heterocycles. The molecule has 0 aromatic carbocycles.